The normalized spacial score (nSPS) is 19.3. The summed E-state index contributed by atoms with van der Waals surface area (Å²) in [6.07, 6.45) is 5.17. The topological polar surface area (TPSA) is 24.1 Å². The van der Waals surface area contributed by atoms with Crippen LogP contribution in [-0.4, -0.2) is 12.1 Å². The quantitative estimate of drug-likeness (QED) is 0.467. The molecule has 2 aromatic carbocycles. The third kappa shape index (κ3) is 7.49. The molecule has 6 heteroatoms. The van der Waals surface area contributed by atoms with E-state index in [-0.39, 0.29) is 24.8 Å². The maximum absolute atomic E-state index is 3.77. The van der Waals surface area contributed by atoms with E-state index in [0.717, 1.165) is 22.0 Å². The zero-order chi connectivity index (χ0) is 16.8. The van der Waals surface area contributed by atoms with E-state index in [0.29, 0.717) is 12.1 Å². The molecule has 0 radical (unpaired) electrons. The van der Waals surface area contributed by atoms with Crippen molar-refractivity contribution in [3.63, 3.8) is 0 Å². The van der Waals surface area contributed by atoms with Gasteiger partial charge in [-0.1, -0.05) is 69.0 Å². The fraction of sp³-hybridized carbons (Fsp3) is 0.400. The van der Waals surface area contributed by atoms with E-state index >= 15 is 0 Å². The van der Waals surface area contributed by atoms with Gasteiger partial charge in [-0.05, 0) is 48.2 Å². The van der Waals surface area contributed by atoms with Gasteiger partial charge in [0.05, 0.1) is 0 Å². The van der Waals surface area contributed by atoms with Gasteiger partial charge in [0.25, 0.3) is 0 Å². The van der Waals surface area contributed by atoms with Gasteiger partial charge in [-0.25, -0.2) is 0 Å². The van der Waals surface area contributed by atoms with E-state index in [9.17, 15) is 0 Å². The second-order valence-electron chi connectivity index (χ2n) is 6.51. The van der Waals surface area contributed by atoms with Crippen molar-refractivity contribution >= 4 is 56.7 Å². The highest BCUT2D eigenvalue weighted by Crippen LogP contribution is 2.20. The van der Waals surface area contributed by atoms with Crippen molar-refractivity contribution in [3.8, 4) is 0 Å². The van der Waals surface area contributed by atoms with Crippen LogP contribution in [0.4, 0.5) is 0 Å². The molecule has 3 rings (SSSR count). The first kappa shape index (κ1) is 23.9. The minimum Gasteiger partial charge on any atom is -0.308 e. The van der Waals surface area contributed by atoms with Crippen LogP contribution in [0.1, 0.15) is 36.8 Å². The van der Waals surface area contributed by atoms with Gasteiger partial charge in [-0.3, -0.25) is 0 Å². The second-order valence-corrected chi connectivity index (χ2v) is 8.34. The number of nitrogens with one attached hydrogen (secondary N) is 2. The number of hydrogen-bond donors (Lipinski definition) is 2. The summed E-state index contributed by atoms with van der Waals surface area (Å²) in [5.74, 6) is 0. The lowest BCUT2D eigenvalue weighted by molar-refractivity contribution is 0.281. The summed E-state index contributed by atoms with van der Waals surface area (Å²) in [5, 5.41) is 7.54. The van der Waals surface area contributed by atoms with Crippen molar-refractivity contribution in [3.05, 3.63) is 68.6 Å². The molecule has 2 nitrogen and oxygen atoms in total. The summed E-state index contributed by atoms with van der Waals surface area (Å²) in [5.41, 5.74) is 2.69. The first-order valence-corrected chi connectivity index (χ1v) is 10.2. The van der Waals surface area contributed by atoms with Gasteiger partial charge in [0.1, 0.15) is 0 Å². The second kappa shape index (κ2) is 12.4. The number of hydrogen-bond acceptors (Lipinski definition) is 2. The van der Waals surface area contributed by atoms with Crippen molar-refractivity contribution < 1.29 is 0 Å². The summed E-state index contributed by atoms with van der Waals surface area (Å²) in [4.78, 5) is 0. The van der Waals surface area contributed by atoms with E-state index in [4.69, 9.17) is 0 Å². The van der Waals surface area contributed by atoms with E-state index in [1.807, 2.05) is 0 Å². The number of halogens is 4. The molecule has 0 bridgehead atoms. The van der Waals surface area contributed by atoms with E-state index in [1.165, 1.54) is 36.8 Å². The Balaban J connectivity index is 0.00000169. The van der Waals surface area contributed by atoms with Gasteiger partial charge in [0, 0.05) is 34.1 Å². The van der Waals surface area contributed by atoms with Crippen LogP contribution < -0.4 is 10.6 Å². The van der Waals surface area contributed by atoms with Crippen LogP contribution >= 0.6 is 56.7 Å². The highest BCUT2D eigenvalue weighted by Gasteiger charge is 2.24. The summed E-state index contributed by atoms with van der Waals surface area (Å²) in [6, 6.07) is 18.3. The molecule has 144 valence electrons. The smallest absolute Gasteiger partial charge is 0.0224 e. The van der Waals surface area contributed by atoms with E-state index in [1.54, 1.807) is 0 Å². The molecule has 1 aliphatic rings. The van der Waals surface area contributed by atoms with Crippen molar-refractivity contribution in [1.82, 2.24) is 10.6 Å². The van der Waals surface area contributed by atoms with Gasteiger partial charge in [-0.15, -0.1) is 24.8 Å². The molecule has 0 heterocycles. The Hall–Kier alpha value is -0.100. The lowest BCUT2D eigenvalue weighted by Gasteiger charge is -2.33. The Morgan fingerprint density at radius 2 is 1.00 bits per heavy atom. The fourth-order valence-corrected chi connectivity index (χ4v) is 3.85. The van der Waals surface area contributed by atoms with Crippen LogP contribution in [0.15, 0.2) is 57.5 Å². The third-order valence-corrected chi connectivity index (χ3v) is 5.79. The predicted octanol–water partition coefficient (Wildman–Crippen LogP) is 6.25. The van der Waals surface area contributed by atoms with Gasteiger partial charge in [-0.2, -0.15) is 0 Å². The molecular formula is C20H26Br2Cl2N2. The zero-order valence-electron chi connectivity index (χ0n) is 14.6. The highest BCUT2D eigenvalue weighted by molar-refractivity contribution is 9.10. The fourth-order valence-electron chi connectivity index (χ4n) is 3.32. The first-order chi connectivity index (χ1) is 11.7. The Morgan fingerprint density at radius 1 is 0.654 bits per heavy atom. The molecule has 2 N–H and O–H groups in total. The Kier molecular flexibility index (Phi) is 11.4. The molecule has 2 unspecified atom stereocenters. The lowest BCUT2D eigenvalue weighted by Crippen LogP contribution is -2.49. The standard InChI is InChI=1S/C20H24Br2N2.2ClH/c21-17-9-5-15(6-10-17)13-23-19-3-1-2-4-20(19)24-14-16-7-11-18(22)12-8-16;;/h5-12,19-20,23-24H,1-4,13-14H2;2*1H. The molecule has 1 aliphatic carbocycles. The molecule has 2 aromatic rings. The maximum Gasteiger partial charge on any atom is 0.0224 e. The van der Waals surface area contributed by atoms with Gasteiger partial charge in [0.15, 0.2) is 0 Å². The summed E-state index contributed by atoms with van der Waals surface area (Å²) >= 11 is 6.99. The van der Waals surface area contributed by atoms with Crippen molar-refractivity contribution in [2.45, 2.75) is 50.9 Å². The molecule has 0 spiro atoms. The van der Waals surface area contributed by atoms with Crippen molar-refractivity contribution in [2.75, 3.05) is 0 Å². The first-order valence-electron chi connectivity index (χ1n) is 8.66. The Labute approximate surface area is 186 Å². The van der Waals surface area contributed by atoms with Gasteiger partial charge >= 0.3 is 0 Å². The van der Waals surface area contributed by atoms with Gasteiger partial charge in [0.2, 0.25) is 0 Å². The molecule has 0 aliphatic heterocycles. The van der Waals surface area contributed by atoms with Gasteiger partial charge < -0.3 is 10.6 Å². The molecule has 0 aromatic heterocycles. The van der Waals surface area contributed by atoms with Crippen molar-refractivity contribution in [1.29, 1.82) is 0 Å². The van der Waals surface area contributed by atoms with E-state index < -0.39 is 0 Å². The average molecular weight is 525 g/mol. The zero-order valence-corrected chi connectivity index (χ0v) is 19.4. The predicted molar refractivity (Wildman–Crippen MR) is 123 cm³/mol. The number of rotatable bonds is 6. The summed E-state index contributed by atoms with van der Waals surface area (Å²) in [6.45, 7) is 1.88. The van der Waals surface area contributed by atoms with Crippen LogP contribution in [0.25, 0.3) is 0 Å². The van der Waals surface area contributed by atoms with Crippen LogP contribution in [-0.2, 0) is 13.1 Å². The Bertz CT molecular complexity index is 578. The van der Waals surface area contributed by atoms with Crippen LogP contribution in [0.2, 0.25) is 0 Å². The third-order valence-electron chi connectivity index (χ3n) is 4.73. The van der Waals surface area contributed by atoms with Crippen LogP contribution in [0, 0.1) is 0 Å². The van der Waals surface area contributed by atoms with E-state index in [2.05, 4.69) is 91.0 Å². The summed E-state index contributed by atoms with van der Waals surface area (Å²) in [7, 11) is 0. The minimum atomic E-state index is 0. The summed E-state index contributed by atoms with van der Waals surface area (Å²) < 4.78 is 2.27. The largest absolute Gasteiger partial charge is 0.308 e. The Morgan fingerprint density at radius 3 is 1.35 bits per heavy atom. The lowest BCUT2D eigenvalue weighted by atomic mass is 9.90. The monoisotopic (exact) mass is 522 g/mol. The van der Waals surface area contributed by atoms with Crippen LogP contribution in [0.5, 0.6) is 0 Å². The molecule has 1 saturated carbocycles. The number of benzene rings is 2. The molecule has 0 amide bonds. The molecule has 0 saturated heterocycles. The molecule has 1 fully saturated rings. The minimum absolute atomic E-state index is 0. The average Bonchev–Trinajstić information content (AvgIpc) is 2.61. The maximum atomic E-state index is 3.77. The molecular weight excluding hydrogens is 499 g/mol. The SMILES string of the molecule is Brc1ccc(CNC2CCCCC2NCc2ccc(Br)cc2)cc1.Cl.Cl. The van der Waals surface area contributed by atoms with Crippen molar-refractivity contribution in [2.24, 2.45) is 0 Å². The molecule has 26 heavy (non-hydrogen) atoms. The highest BCUT2D eigenvalue weighted by atomic mass is 79.9. The molecule has 2 atom stereocenters. The van der Waals surface area contributed by atoms with Crippen LogP contribution in [0.3, 0.4) is 0 Å².